The number of rotatable bonds is 0. The smallest absolute Gasteiger partial charge is 0.0184 e. The van der Waals surface area contributed by atoms with Crippen LogP contribution >= 0.6 is 24.8 Å². The van der Waals surface area contributed by atoms with E-state index in [-0.39, 0.29) is 24.8 Å². The highest BCUT2D eigenvalue weighted by Gasteiger charge is 1.85. The van der Waals surface area contributed by atoms with Gasteiger partial charge in [-0.15, -0.1) is 24.8 Å². The summed E-state index contributed by atoms with van der Waals surface area (Å²) < 4.78 is 0. The first-order valence-electron chi connectivity index (χ1n) is 3.40. The Morgan fingerprint density at radius 3 is 1.00 bits per heavy atom. The molecule has 0 aliphatic carbocycles. The molecule has 0 saturated carbocycles. The third-order valence-corrected chi connectivity index (χ3v) is 1.66. The van der Waals surface area contributed by atoms with E-state index in [2.05, 4.69) is 48.5 Å². The Morgan fingerprint density at radius 2 is 0.750 bits per heavy atom. The topological polar surface area (TPSA) is 0 Å². The van der Waals surface area contributed by atoms with E-state index in [0.717, 1.165) is 0 Å². The Hall–Kier alpha value is -0.720. The lowest BCUT2D eigenvalue weighted by molar-refractivity contribution is 1.75. The maximum atomic E-state index is 2.12. The fourth-order valence-electron chi connectivity index (χ4n) is 1.13. The Kier molecular flexibility index (Phi) is 4.72. The molecule has 2 aromatic carbocycles. The fourth-order valence-corrected chi connectivity index (χ4v) is 1.13. The van der Waals surface area contributed by atoms with E-state index in [9.17, 15) is 0 Å². The molecule has 0 aliphatic rings. The Labute approximate surface area is 84.4 Å². The SMILES string of the molecule is Cl.Cl.c1ccc2ccccc2c1. The second kappa shape index (κ2) is 5.02. The third kappa shape index (κ3) is 2.13. The van der Waals surface area contributed by atoms with Crippen LogP contribution in [0.1, 0.15) is 0 Å². The van der Waals surface area contributed by atoms with E-state index in [1.807, 2.05) is 0 Å². The summed E-state index contributed by atoms with van der Waals surface area (Å²) >= 11 is 0. The normalized spacial score (nSPS) is 8.33. The molecule has 0 N–H and O–H groups in total. The van der Waals surface area contributed by atoms with Crippen molar-refractivity contribution in [3.05, 3.63) is 48.5 Å². The molecule has 0 unspecified atom stereocenters. The lowest BCUT2D eigenvalue weighted by atomic mass is 10.1. The van der Waals surface area contributed by atoms with Crippen LogP contribution in [0.25, 0.3) is 10.8 Å². The molecule has 2 aromatic rings. The zero-order valence-corrected chi connectivity index (χ0v) is 8.07. The molecule has 0 amide bonds. The molecular weight excluding hydrogens is 191 g/mol. The molecular formula is C10H10Cl2. The van der Waals surface area contributed by atoms with E-state index in [1.165, 1.54) is 10.8 Å². The lowest BCUT2D eigenvalue weighted by Gasteiger charge is -1.92. The van der Waals surface area contributed by atoms with E-state index in [4.69, 9.17) is 0 Å². The van der Waals surface area contributed by atoms with Gasteiger partial charge in [-0.05, 0) is 10.8 Å². The summed E-state index contributed by atoms with van der Waals surface area (Å²) in [6, 6.07) is 16.7. The van der Waals surface area contributed by atoms with Crippen LogP contribution in [0.3, 0.4) is 0 Å². The average Bonchev–Trinajstić information content (AvgIpc) is 2.05. The number of benzene rings is 2. The zero-order valence-electron chi connectivity index (χ0n) is 6.44. The van der Waals surface area contributed by atoms with Gasteiger partial charge >= 0.3 is 0 Å². The monoisotopic (exact) mass is 200 g/mol. The average molecular weight is 201 g/mol. The molecule has 0 bridgehead atoms. The van der Waals surface area contributed by atoms with Gasteiger partial charge in [0.2, 0.25) is 0 Å². The minimum Gasteiger partial charge on any atom is -0.147 e. The quantitative estimate of drug-likeness (QED) is 0.609. The molecule has 0 fully saturated rings. The maximum absolute atomic E-state index is 2.12. The largest absolute Gasteiger partial charge is 0.147 e. The standard InChI is InChI=1S/C10H8.2ClH/c1-2-6-10-8-4-3-7-9(10)5-1;;/h1-8H;2*1H. The van der Waals surface area contributed by atoms with Gasteiger partial charge in [-0.25, -0.2) is 0 Å². The molecule has 2 heteroatoms. The summed E-state index contributed by atoms with van der Waals surface area (Å²) in [7, 11) is 0. The molecule has 0 spiro atoms. The van der Waals surface area contributed by atoms with Crippen molar-refractivity contribution in [1.82, 2.24) is 0 Å². The number of hydrogen-bond acceptors (Lipinski definition) is 0. The fraction of sp³-hybridized carbons (Fsp3) is 0. The second-order valence-corrected chi connectivity index (χ2v) is 2.35. The predicted molar refractivity (Wildman–Crippen MR) is 58.4 cm³/mol. The van der Waals surface area contributed by atoms with Gasteiger partial charge < -0.3 is 0 Å². The van der Waals surface area contributed by atoms with Crippen molar-refractivity contribution in [3.8, 4) is 0 Å². The molecule has 0 radical (unpaired) electrons. The molecule has 12 heavy (non-hydrogen) atoms. The van der Waals surface area contributed by atoms with Gasteiger partial charge in [0.1, 0.15) is 0 Å². The van der Waals surface area contributed by atoms with Crippen molar-refractivity contribution in [2.45, 2.75) is 0 Å². The van der Waals surface area contributed by atoms with Crippen molar-refractivity contribution in [1.29, 1.82) is 0 Å². The summed E-state index contributed by atoms with van der Waals surface area (Å²) in [5.74, 6) is 0. The minimum absolute atomic E-state index is 0. The van der Waals surface area contributed by atoms with Crippen molar-refractivity contribution in [3.63, 3.8) is 0 Å². The van der Waals surface area contributed by atoms with E-state index < -0.39 is 0 Å². The van der Waals surface area contributed by atoms with Crippen LogP contribution in [0.2, 0.25) is 0 Å². The van der Waals surface area contributed by atoms with Crippen LogP contribution in [0.5, 0.6) is 0 Å². The highest BCUT2D eigenvalue weighted by Crippen LogP contribution is 2.11. The number of halogens is 2. The molecule has 0 aromatic heterocycles. The molecule has 0 heterocycles. The Balaban J connectivity index is 0.000000605. The molecule has 0 aliphatic heterocycles. The van der Waals surface area contributed by atoms with Gasteiger partial charge in [0.25, 0.3) is 0 Å². The first-order chi connectivity index (χ1) is 4.97. The van der Waals surface area contributed by atoms with Crippen molar-refractivity contribution in [2.24, 2.45) is 0 Å². The van der Waals surface area contributed by atoms with Gasteiger partial charge in [-0.1, -0.05) is 48.5 Å². The summed E-state index contributed by atoms with van der Waals surface area (Å²) in [6.07, 6.45) is 0. The molecule has 0 nitrogen and oxygen atoms in total. The van der Waals surface area contributed by atoms with Gasteiger partial charge in [-0.3, -0.25) is 0 Å². The Morgan fingerprint density at radius 1 is 0.500 bits per heavy atom. The highest BCUT2D eigenvalue weighted by molar-refractivity contribution is 5.85. The Bertz CT molecular complexity index is 279. The van der Waals surface area contributed by atoms with E-state index in [1.54, 1.807) is 0 Å². The van der Waals surface area contributed by atoms with Crippen LogP contribution in [0, 0.1) is 0 Å². The van der Waals surface area contributed by atoms with Crippen molar-refractivity contribution < 1.29 is 0 Å². The number of hydrogen-bond donors (Lipinski definition) is 0. The lowest BCUT2D eigenvalue weighted by Crippen LogP contribution is -1.67. The van der Waals surface area contributed by atoms with Crippen LogP contribution < -0.4 is 0 Å². The van der Waals surface area contributed by atoms with Crippen LogP contribution in [-0.4, -0.2) is 0 Å². The molecule has 0 atom stereocenters. The summed E-state index contributed by atoms with van der Waals surface area (Å²) in [5, 5.41) is 2.62. The highest BCUT2D eigenvalue weighted by atomic mass is 35.5. The van der Waals surface area contributed by atoms with Gasteiger partial charge in [0.15, 0.2) is 0 Å². The van der Waals surface area contributed by atoms with Gasteiger partial charge in [0, 0.05) is 0 Å². The molecule has 0 saturated heterocycles. The summed E-state index contributed by atoms with van der Waals surface area (Å²) in [4.78, 5) is 0. The number of fused-ring (bicyclic) bond motifs is 1. The first kappa shape index (κ1) is 11.3. The zero-order chi connectivity index (χ0) is 6.81. The second-order valence-electron chi connectivity index (χ2n) is 2.35. The van der Waals surface area contributed by atoms with Gasteiger partial charge in [-0.2, -0.15) is 0 Å². The van der Waals surface area contributed by atoms with Crippen molar-refractivity contribution in [2.75, 3.05) is 0 Å². The predicted octanol–water partition coefficient (Wildman–Crippen LogP) is 3.68. The maximum Gasteiger partial charge on any atom is -0.0184 e. The van der Waals surface area contributed by atoms with Crippen molar-refractivity contribution >= 4 is 35.6 Å². The van der Waals surface area contributed by atoms with Gasteiger partial charge in [0.05, 0.1) is 0 Å². The van der Waals surface area contributed by atoms with Crippen LogP contribution in [-0.2, 0) is 0 Å². The molecule has 2 rings (SSSR count). The van der Waals surface area contributed by atoms with E-state index >= 15 is 0 Å². The van der Waals surface area contributed by atoms with E-state index in [0.29, 0.717) is 0 Å². The summed E-state index contributed by atoms with van der Waals surface area (Å²) in [6.45, 7) is 0. The minimum atomic E-state index is 0. The summed E-state index contributed by atoms with van der Waals surface area (Å²) in [5.41, 5.74) is 0. The first-order valence-corrected chi connectivity index (χ1v) is 3.40. The van der Waals surface area contributed by atoms with Crippen LogP contribution in [0.15, 0.2) is 48.5 Å². The third-order valence-electron chi connectivity index (χ3n) is 1.66. The molecule has 64 valence electrons. The van der Waals surface area contributed by atoms with Crippen LogP contribution in [0.4, 0.5) is 0 Å².